The number of nitrogens with zero attached hydrogens (tertiary/aromatic N) is 1. The van der Waals surface area contributed by atoms with Crippen LogP contribution in [0.25, 0.3) is 10.6 Å². The predicted molar refractivity (Wildman–Crippen MR) is 72.1 cm³/mol. The third-order valence-corrected chi connectivity index (χ3v) is 4.58. The Labute approximate surface area is 110 Å². The Morgan fingerprint density at radius 3 is 3.06 bits per heavy atom. The van der Waals surface area contributed by atoms with Gasteiger partial charge in [-0.2, -0.15) is 0 Å². The Morgan fingerprint density at radius 2 is 2.28 bits per heavy atom. The van der Waals surface area contributed by atoms with Crippen molar-refractivity contribution in [1.82, 2.24) is 4.98 Å². The lowest BCUT2D eigenvalue weighted by Gasteiger charge is -2.15. The Balaban J connectivity index is 2.10. The minimum Gasteiger partial charge on any atom is -0.323 e. The molecule has 2 nitrogen and oxygen atoms in total. The van der Waals surface area contributed by atoms with Crippen LogP contribution in [0.3, 0.4) is 0 Å². The summed E-state index contributed by atoms with van der Waals surface area (Å²) < 4.78 is 14.1. The van der Waals surface area contributed by atoms with Crippen molar-refractivity contribution in [2.45, 2.75) is 32.2 Å². The van der Waals surface area contributed by atoms with Crippen LogP contribution in [0.15, 0.2) is 18.2 Å². The lowest BCUT2D eigenvalue weighted by molar-refractivity contribution is 0.564. The molecule has 4 heteroatoms. The number of aromatic nitrogens is 1. The first kappa shape index (κ1) is 11.8. The lowest BCUT2D eigenvalue weighted by atomic mass is 9.99. The Morgan fingerprint density at radius 1 is 1.44 bits per heavy atom. The number of halogens is 1. The number of hydrogen-bond donors (Lipinski definition) is 1. The highest BCUT2D eigenvalue weighted by atomic mass is 32.1. The minimum absolute atomic E-state index is 0.0200. The molecular weight excluding hydrogens is 247 g/mol. The van der Waals surface area contributed by atoms with Gasteiger partial charge in [-0.15, -0.1) is 11.3 Å². The molecule has 3 rings (SSSR count). The molecule has 0 bridgehead atoms. The van der Waals surface area contributed by atoms with Gasteiger partial charge in [0, 0.05) is 16.5 Å². The van der Waals surface area contributed by atoms with E-state index in [1.54, 1.807) is 30.4 Å². The van der Waals surface area contributed by atoms with Crippen molar-refractivity contribution < 1.29 is 4.39 Å². The molecule has 1 heterocycles. The quantitative estimate of drug-likeness (QED) is 0.853. The number of hydrogen-bond acceptors (Lipinski definition) is 3. The summed E-state index contributed by atoms with van der Waals surface area (Å²) in [6, 6.07) is 5.45. The Bertz CT molecular complexity index is 591. The summed E-state index contributed by atoms with van der Waals surface area (Å²) in [5.74, 6) is -0.169. The maximum atomic E-state index is 14.1. The molecule has 1 unspecified atom stereocenters. The number of rotatable bonds is 1. The molecule has 94 valence electrons. The van der Waals surface area contributed by atoms with E-state index in [0.717, 1.165) is 30.0 Å². The van der Waals surface area contributed by atoms with E-state index < -0.39 is 0 Å². The van der Waals surface area contributed by atoms with E-state index in [0.29, 0.717) is 11.1 Å². The second-order valence-corrected chi connectivity index (χ2v) is 5.85. The van der Waals surface area contributed by atoms with Gasteiger partial charge in [0.2, 0.25) is 0 Å². The molecule has 1 aromatic carbocycles. The number of thiazole rings is 1. The molecule has 1 aliphatic carbocycles. The zero-order chi connectivity index (χ0) is 12.7. The summed E-state index contributed by atoms with van der Waals surface area (Å²) in [4.78, 5) is 5.78. The zero-order valence-electron chi connectivity index (χ0n) is 10.2. The van der Waals surface area contributed by atoms with Crippen LogP contribution in [0.4, 0.5) is 4.39 Å². The van der Waals surface area contributed by atoms with Crippen molar-refractivity contribution in [1.29, 1.82) is 0 Å². The first-order chi connectivity index (χ1) is 8.66. The molecule has 1 aliphatic rings. The van der Waals surface area contributed by atoms with Crippen LogP contribution in [-0.4, -0.2) is 4.98 Å². The molecule has 0 radical (unpaired) electrons. The topological polar surface area (TPSA) is 38.9 Å². The molecule has 2 N–H and O–H groups in total. The van der Waals surface area contributed by atoms with Gasteiger partial charge in [0.25, 0.3) is 0 Å². The summed E-state index contributed by atoms with van der Waals surface area (Å²) in [6.07, 6.45) is 3.10. The van der Waals surface area contributed by atoms with Crippen molar-refractivity contribution in [3.63, 3.8) is 0 Å². The number of aryl methyl sites for hydroxylation is 2. The van der Waals surface area contributed by atoms with Crippen molar-refractivity contribution in [3.05, 3.63) is 40.2 Å². The lowest BCUT2D eigenvalue weighted by Crippen LogP contribution is -2.16. The van der Waals surface area contributed by atoms with E-state index >= 15 is 0 Å². The van der Waals surface area contributed by atoms with E-state index in [-0.39, 0.29) is 11.9 Å². The standard InChI is InChI=1S/C14H15FN2S/c1-8-4-2-5-9(12(8)15)14-17-13-10(16)6-3-7-11(13)18-14/h2,4-5,10H,3,6-7,16H2,1H3. The van der Waals surface area contributed by atoms with Crippen LogP contribution in [0.1, 0.15) is 35.0 Å². The van der Waals surface area contributed by atoms with Gasteiger partial charge in [-0.1, -0.05) is 12.1 Å². The number of benzene rings is 1. The van der Waals surface area contributed by atoms with Crippen molar-refractivity contribution in [2.75, 3.05) is 0 Å². The second-order valence-electron chi connectivity index (χ2n) is 4.76. The van der Waals surface area contributed by atoms with Gasteiger partial charge in [0.05, 0.1) is 5.69 Å². The van der Waals surface area contributed by atoms with E-state index in [4.69, 9.17) is 5.73 Å². The van der Waals surface area contributed by atoms with Gasteiger partial charge in [0.1, 0.15) is 10.8 Å². The normalized spacial score (nSPS) is 18.7. The zero-order valence-corrected chi connectivity index (χ0v) is 11.1. The van der Waals surface area contributed by atoms with Gasteiger partial charge in [-0.25, -0.2) is 9.37 Å². The van der Waals surface area contributed by atoms with Gasteiger partial charge < -0.3 is 5.73 Å². The smallest absolute Gasteiger partial charge is 0.136 e. The van der Waals surface area contributed by atoms with Crippen LogP contribution in [-0.2, 0) is 6.42 Å². The van der Waals surface area contributed by atoms with Crippen LogP contribution in [0, 0.1) is 12.7 Å². The van der Waals surface area contributed by atoms with E-state index in [1.165, 1.54) is 4.88 Å². The summed E-state index contributed by atoms with van der Waals surface area (Å²) in [6.45, 7) is 1.78. The summed E-state index contributed by atoms with van der Waals surface area (Å²) >= 11 is 1.58. The molecule has 18 heavy (non-hydrogen) atoms. The van der Waals surface area contributed by atoms with Gasteiger partial charge in [-0.3, -0.25) is 0 Å². The monoisotopic (exact) mass is 262 g/mol. The maximum Gasteiger partial charge on any atom is 0.136 e. The third-order valence-electron chi connectivity index (χ3n) is 3.42. The van der Waals surface area contributed by atoms with Gasteiger partial charge in [-0.05, 0) is 37.8 Å². The molecular formula is C14H15FN2S. The highest BCUT2D eigenvalue weighted by Crippen LogP contribution is 2.37. The highest BCUT2D eigenvalue weighted by molar-refractivity contribution is 7.15. The van der Waals surface area contributed by atoms with E-state index in [9.17, 15) is 4.39 Å². The number of fused-ring (bicyclic) bond motifs is 1. The summed E-state index contributed by atoms with van der Waals surface area (Å²) in [5.41, 5.74) is 8.29. The molecule has 0 aliphatic heterocycles. The second kappa shape index (κ2) is 4.44. The number of nitrogens with two attached hydrogens (primary N) is 1. The first-order valence-corrected chi connectivity index (χ1v) is 6.99. The molecule has 0 amide bonds. The fourth-order valence-corrected chi connectivity index (χ4v) is 3.57. The van der Waals surface area contributed by atoms with Crippen molar-refractivity contribution in [3.8, 4) is 10.6 Å². The molecule has 0 spiro atoms. The maximum absolute atomic E-state index is 14.1. The molecule has 0 saturated heterocycles. The fraction of sp³-hybridized carbons (Fsp3) is 0.357. The van der Waals surface area contributed by atoms with E-state index in [1.807, 2.05) is 6.07 Å². The SMILES string of the molecule is Cc1cccc(-c2nc3c(s2)CCCC3N)c1F. The predicted octanol–water partition coefficient (Wildman–Crippen LogP) is 3.59. The summed E-state index contributed by atoms with van der Waals surface area (Å²) in [5, 5.41) is 0.763. The van der Waals surface area contributed by atoms with Crippen molar-refractivity contribution >= 4 is 11.3 Å². The van der Waals surface area contributed by atoms with Crippen LogP contribution >= 0.6 is 11.3 Å². The molecule has 0 fully saturated rings. The van der Waals surface area contributed by atoms with Crippen LogP contribution in [0.5, 0.6) is 0 Å². The minimum atomic E-state index is -0.169. The van der Waals surface area contributed by atoms with Crippen molar-refractivity contribution in [2.24, 2.45) is 5.73 Å². The third kappa shape index (κ3) is 1.85. The Hall–Kier alpha value is -1.26. The molecule has 1 atom stereocenters. The summed E-state index contributed by atoms with van der Waals surface area (Å²) in [7, 11) is 0. The fourth-order valence-electron chi connectivity index (χ4n) is 2.38. The van der Waals surface area contributed by atoms with Crippen LogP contribution < -0.4 is 5.73 Å². The largest absolute Gasteiger partial charge is 0.323 e. The molecule has 1 aromatic heterocycles. The highest BCUT2D eigenvalue weighted by Gasteiger charge is 2.23. The van der Waals surface area contributed by atoms with Crippen LogP contribution in [0.2, 0.25) is 0 Å². The average molecular weight is 262 g/mol. The van der Waals surface area contributed by atoms with Gasteiger partial charge >= 0.3 is 0 Å². The molecule has 2 aromatic rings. The Kier molecular flexibility index (Phi) is 2.92. The average Bonchev–Trinajstić information content (AvgIpc) is 2.78. The van der Waals surface area contributed by atoms with Gasteiger partial charge in [0.15, 0.2) is 0 Å². The molecule has 0 saturated carbocycles. The van der Waals surface area contributed by atoms with E-state index in [2.05, 4.69) is 4.98 Å². The first-order valence-electron chi connectivity index (χ1n) is 6.17.